The van der Waals surface area contributed by atoms with Crippen molar-refractivity contribution >= 4 is 17.5 Å². The number of fused-ring (bicyclic) bond motifs is 7. The van der Waals surface area contributed by atoms with E-state index in [4.69, 9.17) is 0 Å². The molecule has 0 spiro atoms. The number of hydrogen-bond donors (Lipinski definition) is 2. The molecule has 5 nitrogen and oxygen atoms in total. The molecule has 0 bridgehead atoms. The average molecular weight is 484 g/mol. The number of nitrogens with one attached hydrogen (secondary N) is 1. The van der Waals surface area contributed by atoms with Crippen molar-refractivity contribution < 1.29 is 19.6 Å². The van der Waals surface area contributed by atoms with Crippen LogP contribution in [0.5, 0.6) is 0 Å². The van der Waals surface area contributed by atoms with E-state index in [0.717, 1.165) is 44.9 Å². The first-order chi connectivity index (χ1) is 16.1. The van der Waals surface area contributed by atoms with E-state index >= 15 is 0 Å². The van der Waals surface area contributed by atoms with E-state index < -0.39 is 5.41 Å². The normalized spacial score (nSPS) is 50.7. The maximum Gasteiger partial charge on any atom is 0.249 e. The Morgan fingerprint density at radius 1 is 0.943 bits per heavy atom. The molecule has 35 heavy (non-hydrogen) atoms. The lowest BCUT2D eigenvalue weighted by Gasteiger charge is -2.69. The van der Waals surface area contributed by atoms with E-state index in [-0.39, 0.29) is 56.5 Å². The Bertz CT molecular complexity index is 1030. The van der Waals surface area contributed by atoms with Crippen molar-refractivity contribution in [2.75, 3.05) is 0 Å². The molecule has 2 N–H and O–H groups in total. The van der Waals surface area contributed by atoms with E-state index in [1.165, 1.54) is 5.57 Å². The summed E-state index contributed by atoms with van der Waals surface area (Å²) in [6.07, 6.45) is 9.87. The maximum atomic E-state index is 14.2. The SMILES string of the molecule is CC1(C)C(=O)CC[C@@]2(C)C1CC[C@]1(C)C2C(=O)C=C2C3C[C@@](C)(C(=O)NO)CC[C@]3(C)CC[C@]21C. The number of Topliss-reactive ketones (excluding diaryl/α,β-unsaturated/α-hetero) is 1. The molecular weight excluding hydrogens is 438 g/mol. The van der Waals surface area contributed by atoms with Crippen molar-refractivity contribution in [3.8, 4) is 0 Å². The summed E-state index contributed by atoms with van der Waals surface area (Å²) >= 11 is 0. The summed E-state index contributed by atoms with van der Waals surface area (Å²) < 4.78 is 0. The van der Waals surface area contributed by atoms with Crippen LogP contribution in [0.1, 0.15) is 106 Å². The first-order valence-corrected chi connectivity index (χ1v) is 13.8. The zero-order valence-corrected chi connectivity index (χ0v) is 22.8. The Morgan fingerprint density at radius 3 is 2.26 bits per heavy atom. The van der Waals surface area contributed by atoms with Gasteiger partial charge < -0.3 is 0 Å². The van der Waals surface area contributed by atoms with Crippen LogP contribution in [0.2, 0.25) is 0 Å². The molecule has 0 radical (unpaired) electrons. The minimum Gasteiger partial charge on any atom is -0.299 e. The Morgan fingerprint density at radius 2 is 1.60 bits per heavy atom. The van der Waals surface area contributed by atoms with E-state index in [2.05, 4.69) is 41.5 Å². The van der Waals surface area contributed by atoms with Crippen LogP contribution < -0.4 is 5.48 Å². The highest BCUT2D eigenvalue weighted by Gasteiger charge is 2.70. The van der Waals surface area contributed by atoms with Gasteiger partial charge >= 0.3 is 0 Å². The van der Waals surface area contributed by atoms with Gasteiger partial charge in [-0.25, -0.2) is 5.48 Å². The molecule has 0 aromatic rings. The van der Waals surface area contributed by atoms with Crippen molar-refractivity contribution in [1.29, 1.82) is 0 Å². The van der Waals surface area contributed by atoms with Gasteiger partial charge in [0.2, 0.25) is 5.91 Å². The van der Waals surface area contributed by atoms with Crippen molar-refractivity contribution in [2.24, 2.45) is 50.2 Å². The molecule has 1 amide bonds. The monoisotopic (exact) mass is 483 g/mol. The number of amides is 1. The molecule has 0 saturated heterocycles. The van der Waals surface area contributed by atoms with Gasteiger partial charge in [-0.3, -0.25) is 19.6 Å². The number of carbonyl (C=O) groups is 3. The van der Waals surface area contributed by atoms with Crippen LogP contribution in [0.25, 0.3) is 0 Å². The minimum atomic E-state index is -0.629. The van der Waals surface area contributed by atoms with E-state index in [0.29, 0.717) is 18.6 Å². The zero-order valence-electron chi connectivity index (χ0n) is 22.8. The van der Waals surface area contributed by atoms with Gasteiger partial charge in [0, 0.05) is 23.2 Å². The topological polar surface area (TPSA) is 83.5 Å². The molecular formula is C30H45NO4. The van der Waals surface area contributed by atoms with Crippen LogP contribution in [0.3, 0.4) is 0 Å². The van der Waals surface area contributed by atoms with Gasteiger partial charge in [0.15, 0.2) is 5.78 Å². The lowest BCUT2D eigenvalue weighted by Crippen LogP contribution is -2.66. The second-order valence-electron chi connectivity index (χ2n) is 14.8. The van der Waals surface area contributed by atoms with Crippen molar-refractivity contribution in [3.05, 3.63) is 11.6 Å². The molecule has 5 aliphatic carbocycles. The summed E-state index contributed by atoms with van der Waals surface area (Å²) in [5.41, 5.74) is 1.80. The first kappa shape index (κ1) is 25.2. The molecule has 5 aliphatic rings. The molecule has 3 unspecified atom stereocenters. The van der Waals surface area contributed by atoms with Gasteiger partial charge in [0.05, 0.1) is 0 Å². The average Bonchev–Trinajstić information content (AvgIpc) is 2.78. The van der Waals surface area contributed by atoms with Gasteiger partial charge in [-0.05, 0) is 90.9 Å². The highest BCUT2D eigenvalue weighted by atomic mass is 16.5. The fourth-order valence-electron chi connectivity index (χ4n) is 10.3. The van der Waals surface area contributed by atoms with E-state index in [1.54, 1.807) is 0 Å². The minimum absolute atomic E-state index is 0.0738. The van der Waals surface area contributed by atoms with Gasteiger partial charge in [-0.15, -0.1) is 0 Å². The quantitative estimate of drug-likeness (QED) is 0.352. The lowest BCUT2D eigenvalue weighted by atomic mass is 9.33. The number of allylic oxidation sites excluding steroid dienone is 2. The third-order valence-electron chi connectivity index (χ3n) is 13.0. The third kappa shape index (κ3) is 3.00. The van der Waals surface area contributed by atoms with E-state index in [9.17, 15) is 19.6 Å². The molecule has 5 rings (SSSR count). The second-order valence-corrected chi connectivity index (χ2v) is 14.8. The maximum absolute atomic E-state index is 14.2. The number of carbonyl (C=O) groups excluding carboxylic acids is 3. The van der Waals surface area contributed by atoms with Crippen LogP contribution in [-0.4, -0.2) is 22.7 Å². The zero-order chi connectivity index (χ0) is 25.8. The van der Waals surface area contributed by atoms with Gasteiger partial charge in [0.25, 0.3) is 0 Å². The summed E-state index contributed by atoms with van der Waals surface area (Å²) in [5, 5.41) is 9.44. The van der Waals surface area contributed by atoms with Crippen LogP contribution in [-0.2, 0) is 14.4 Å². The van der Waals surface area contributed by atoms with Crippen LogP contribution in [0, 0.1) is 50.2 Å². The molecule has 8 atom stereocenters. The molecule has 194 valence electrons. The first-order valence-electron chi connectivity index (χ1n) is 13.8. The van der Waals surface area contributed by atoms with Crippen molar-refractivity contribution in [1.82, 2.24) is 5.48 Å². The fraction of sp³-hybridized carbons (Fsp3) is 0.833. The molecule has 0 heterocycles. The largest absolute Gasteiger partial charge is 0.299 e. The Hall–Kier alpha value is -1.49. The molecule has 0 aromatic carbocycles. The van der Waals surface area contributed by atoms with Crippen molar-refractivity contribution in [3.63, 3.8) is 0 Å². The number of rotatable bonds is 1. The second kappa shape index (κ2) is 7.30. The summed E-state index contributed by atoms with van der Waals surface area (Å²) in [5.74, 6) is 0.619. The standard InChI is InChI=1S/C30H45NO4/c1-25(2)21-8-11-30(7)23(28(21,5)10-9-22(25)33)20(32)16-18-19-17-27(4,24(34)31-35)13-12-26(19,3)14-15-29(18,30)6/h16,19,21,23,35H,8-15,17H2,1-7H3,(H,31,34)/t19?,21?,23?,26-,27+,28+,29-,30-/m1/s1. The van der Waals surface area contributed by atoms with E-state index in [1.807, 2.05) is 18.5 Å². The number of hydroxylamine groups is 1. The van der Waals surface area contributed by atoms with Crippen LogP contribution in [0.15, 0.2) is 11.6 Å². The third-order valence-corrected chi connectivity index (χ3v) is 13.0. The highest BCUT2D eigenvalue weighted by Crippen LogP contribution is 2.74. The highest BCUT2D eigenvalue weighted by molar-refractivity contribution is 5.96. The predicted octanol–water partition coefficient (Wildman–Crippen LogP) is 6.04. The summed E-state index contributed by atoms with van der Waals surface area (Å²) in [6.45, 7) is 15.6. The Labute approximate surface area is 210 Å². The van der Waals surface area contributed by atoms with Crippen LogP contribution in [0.4, 0.5) is 0 Å². The molecule has 0 aliphatic heterocycles. The van der Waals surface area contributed by atoms with Gasteiger partial charge in [0.1, 0.15) is 5.78 Å². The molecule has 4 saturated carbocycles. The fourth-order valence-corrected chi connectivity index (χ4v) is 10.3. The van der Waals surface area contributed by atoms with Gasteiger partial charge in [-0.2, -0.15) is 0 Å². The molecule has 5 heteroatoms. The Kier molecular flexibility index (Phi) is 5.25. The lowest BCUT2D eigenvalue weighted by molar-refractivity contribution is -0.188. The van der Waals surface area contributed by atoms with Gasteiger partial charge in [-0.1, -0.05) is 54.0 Å². The predicted molar refractivity (Wildman–Crippen MR) is 134 cm³/mol. The van der Waals surface area contributed by atoms with Crippen molar-refractivity contribution in [2.45, 2.75) is 106 Å². The van der Waals surface area contributed by atoms with Crippen LogP contribution >= 0.6 is 0 Å². The Balaban J connectivity index is 1.62. The summed E-state index contributed by atoms with van der Waals surface area (Å²) in [7, 11) is 0. The molecule has 4 fully saturated rings. The smallest absolute Gasteiger partial charge is 0.249 e. The summed E-state index contributed by atoms with van der Waals surface area (Å²) in [6, 6.07) is 0. The number of hydrogen-bond acceptors (Lipinski definition) is 4. The summed E-state index contributed by atoms with van der Waals surface area (Å²) in [4.78, 5) is 39.8. The number of ketones is 2. The molecule has 0 aromatic heterocycles.